The predicted molar refractivity (Wildman–Crippen MR) is 94.9 cm³/mol. The Bertz CT molecular complexity index is 987. The lowest BCUT2D eigenvalue weighted by Crippen LogP contribution is -2.14. The fourth-order valence-corrected chi connectivity index (χ4v) is 2.81. The second-order valence-electron chi connectivity index (χ2n) is 5.89. The van der Waals surface area contributed by atoms with Gasteiger partial charge in [0.25, 0.3) is 5.91 Å². The van der Waals surface area contributed by atoms with Crippen molar-refractivity contribution in [3.63, 3.8) is 0 Å². The molecule has 3 aromatic rings. The predicted octanol–water partition coefficient (Wildman–Crippen LogP) is 4.18. The number of nitrogens with one attached hydrogen (secondary N) is 1. The smallest absolute Gasteiger partial charge is 0.259 e. The number of aryl methyl sites for hydroxylation is 1. The fraction of sp³-hybridized carbons (Fsp3) is 0.100. The summed E-state index contributed by atoms with van der Waals surface area (Å²) in [6.07, 6.45) is 1.65. The molecule has 130 valence electrons. The third-order valence-electron chi connectivity index (χ3n) is 4.15. The number of aromatic nitrogens is 1. The van der Waals surface area contributed by atoms with Crippen LogP contribution in [0.5, 0.6) is 11.5 Å². The van der Waals surface area contributed by atoms with Crippen LogP contribution in [-0.4, -0.2) is 17.7 Å². The zero-order valence-corrected chi connectivity index (χ0v) is 14.0. The summed E-state index contributed by atoms with van der Waals surface area (Å²) in [5, 5.41) is 2.60. The first-order valence-corrected chi connectivity index (χ1v) is 8.04. The Hall–Kier alpha value is -3.41. The number of pyridine rings is 1. The van der Waals surface area contributed by atoms with Gasteiger partial charge in [0.1, 0.15) is 11.6 Å². The zero-order valence-electron chi connectivity index (χ0n) is 14.0. The summed E-state index contributed by atoms with van der Waals surface area (Å²) in [6.45, 7) is 2.20. The number of nitrogens with zero attached hydrogens (tertiary/aromatic N) is 1. The molecule has 0 unspecified atom stereocenters. The lowest BCUT2D eigenvalue weighted by Gasteiger charge is -2.09. The molecule has 26 heavy (non-hydrogen) atoms. The highest BCUT2D eigenvalue weighted by atomic mass is 19.1. The van der Waals surface area contributed by atoms with E-state index in [4.69, 9.17) is 9.47 Å². The van der Waals surface area contributed by atoms with Crippen molar-refractivity contribution in [3.8, 4) is 22.6 Å². The molecule has 0 saturated heterocycles. The first-order valence-electron chi connectivity index (χ1n) is 8.04. The molecule has 1 aromatic heterocycles. The van der Waals surface area contributed by atoms with E-state index in [1.807, 2.05) is 25.1 Å². The molecular weight excluding hydrogens is 335 g/mol. The van der Waals surface area contributed by atoms with E-state index >= 15 is 0 Å². The highest BCUT2D eigenvalue weighted by molar-refractivity contribution is 6.04. The second-order valence-corrected chi connectivity index (χ2v) is 5.89. The minimum atomic E-state index is -0.572. The number of ether oxygens (including phenoxy) is 2. The molecule has 6 heteroatoms. The van der Waals surface area contributed by atoms with Crippen LogP contribution in [0, 0.1) is 12.7 Å². The van der Waals surface area contributed by atoms with Gasteiger partial charge in [0.15, 0.2) is 11.5 Å². The highest BCUT2D eigenvalue weighted by Crippen LogP contribution is 2.38. The number of benzene rings is 2. The van der Waals surface area contributed by atoms with Gasteiger partial charge in [0, 0.05) is 11.8 Å². The van der Waals surface area contributed by atoms with Gasteiger partial charge in [-0.05, 0) is 54.4 Å². The van der Waals surface area contributed by atoms with Crippen LogP contribution < -0.4 is 14.8 Å². The molecule has 2 aromatic carbocycles. The van der Waals surface area contributed by atoms with Crippen molar-refractivity contribution in [2.75, 3.05) is 12.1 Å². The van der Waals surface area contributed by atoms with E-state index in [0.717, 1.165) is 22.4 Å². The van der Waals surface area contributed by atoms with E-state index in [2.05, 4.69) is 10.3 Å². The topological polar surface area (TPSA) is 60.5 Å². The Kier molecular flexibility index (Phi) is 4.01. The quantitative estimate of drug-likeness (QED) is 0.770. The molecule has 0 atom stereocenters. The molecule has 0 saturated carbocycles. The average molecular weight is 350 g/mol. The summed E-state index contributed by atoms with van der Waals surface area (Å²) < 4.78 is 24.5. The summed E-state index contributed by atoms with van der Waals surface area (Å²) in [6, 6.07) is 13.2. The van der Waals surface area contributed by atoms with Gasteiger partial charge in [0.2, 0.25) is 6.79 Å². The van der Waals surface area contributed by atoms with E-state index in [1.165, 1.54) is 18.2 Å². The fourth-order valence-electron chi connectivity index (χ4n) is 2.81. The van der Waals surface area contributed by atoms with Gasteiger partial charge in [-0.2, -0.15) is 0 Å². The van der Waals surface area contributed by atoms with Crippen LogP contribution in [0.25, 0.3) is 11.1 Å². The Balaban J connectivity index is 1.56. The van der Waals surface area contributed by atoms with E-state index in [1.54, 1.807) is 18.3 Å². The molecule has 0 spiro atoms. The van der Waals surface area contributed by atoms with E-state index in [9.17, 15) is 9.18 Å². The van der Waals surface area contributed by atoms with Crippen molar-refractivity contribution >= 4 is 11.7 Å². The lowest BCUT2D eigenvalue weighted by molar-refractivity contribution is 0.102. The summed E-state index contributed by atoms with van der Waals surface area (Å²) in [5.41, 5.74) is 2.85. The number of fused-ring (bicyclic) bond motifs is 1. The minimum Gasteiger partial charge on any atom is -0.454 e. The van der Waals surface area contributed by atoms with Crippen molar-refractivity contribution in [2.24, 2.45) is 0 Å². The normalized spacial score (nSPS) is 12.1. The van der Waals surface area contributed by atoms with Crippen molar-refractivity contribution in [1.82, 2.24) is 4.98 Å². The van der Waals surface area contributed by atoms with Crippen LogP contribution in [0.2, 0.25) is 0 Å². The van der Waals surface area contributed by atoms with Gasteiger partial charge in [-0.3, -0.25) is 4.79 Å². The molecule has 1 aliphatic heterocycles. The van der Waals surface area contributed by atoms with Crippen molar-refractivity contribution in [3.05, 3.63) is 71.7 Å². The van der Waals surface area contributed by atoms with E-state index in [0.29, 0.717) is 11.6 Å². The molecule has 1 aliphatic rings. The minimum absolute atomic E-state index is 0.0232. The third kappa shape index (κ3) is 2.97. The maximum atomic E-state index is 13.7. The molecule has 2 heterocycles. The second kappa shape index (κ2) is 6.48. The molecule has 0 aliphatic carbocycles. The number of amides is 1. The van der Waals surface area contributed by atoms with Gasteiger partial charge >= 0.3 is 0 Å². The molecule has 1 amide bonds. The molecule has 5 nitrogen and oxygen atoms in total. The number of halogens is 1. The summed E-state index contributed by atoms with van der Waals surface area (Å²) in [5.74, 6) is 0.663. The van der Waals surface area contributed by atoms with Gasteiger partial charge in [-0.1, -0.05) is 12.1 Å². The van der Waals surface area contributed by atoms with Crippen molar-refractivity contribution in [1.29, 1.82) is 0 Å². The van der Waals surface area contributed by atoms with Gasteiger partial charge in [0.05, 0.1) is 5.56 Å². The number of anilines is 1. The number of carbonyl (C=O) groups excluding carboxylic acids is 1. The summed E-state index contributed by atoms with van der Waals surface area (Å²) in [4.78, 5) is 16.4. The van der Waals surface area contributed by atoms with E-state index in [-0.39, 0.29) is 12.4 Å². The van der Waals surface area contributed by atoms with Crippen molar-refractivity contribution < 1.29 is 18.7 Å². The molecule has 0 bridgehead atoms. The average Bonchev–Trinajstić information content (AvgIpc) is 3.09. The maximum Gasteiger partial charge on any atom is 0.259 e. The van der Waals surface area contributed by atoms with Gasteiger partial charge in [-0.25, -0.2) is 9.37 Å². The van der Waals surface area contributed by atoms with Gasteiger partial charge < -0.3 is 14.8 Å². The number of rotatable bonds is 3. The van der Waals surface area contributed by atoms with Crippen LogP contribution in [0.4, 0.5) is 10.2 Å². The number of hydrogen-bond acceptors (Lipinski definition) is 4. The SMILES string of the molecule is Cc1cc2c(cc1-c1ccc(NC(=O)c3ccccc3F)nc1)OCO2. The largest absolute Gasteiger partial charge is 0.454 e. The Morgan fingerprint density at radius 2 is 1.88 bits per heavy atom. The molecule has 0 radical (unpaired) electrons. The van der Waals surface area contributed by atoms with E-state index < -0.39 is 11.7 Å². The lowest BCUT2D eigenvalue weighted by atomic mass is 10.0. The maximum absolute atomic E-state index is 13.7. The molecule has 0 fully saturated rings. The van der Waals surface area contributed by atoms with Crippen LogP contribution >= 0.6 is 0 Å². The van der Waals surface area contributed by atoms with Crippen LogP contribution in [0.3, 0.4) is 0 Å². The first-order chi connectivity index (χ1) is 12.6. The van der Waals surface area contributed by atoms with Crippen LogP contribution in [0.1, 0.15) is 15.9 Å². The highest BCUT2D eigenvalue weighted by Gasteiger charge is 2.17. The molecule has 1 N–H and O–H groups in total. The van der Waals surface area contributed by atoms with Crippen LogP contribution in [-0.2, 0) is 0 Å². The Morgan fingerprint density at radius 1 is 1.12 bits per heavy atom. The Labute approximate surface area is 149 Å². The number of hydrogen-bond donors (Lipinski definition) is 1. The summed E-state index contributed by atoms with van der Waals surface area (Å²) >= 11 is 0. The van der Waals surface area contributed by atoms with Crippen molar-refractivity contribution in [2.45, 2.75) is 6.92 Å². The van der Waals surface area contributed by atoms with Gasteiger partial charge in [-0.15, -0.1) is 0 Å². The third-order valence-corrected chi connectivity index (χ3v) is 4.15. The standard InChI is InChI=1S/C20H15FN2O3/c1-12-8-17-18(26-11-25-17)9-15(12)13-6-7-19(22-10-13)23-20(24)14-4-2-3-5-16(14)21/h2-10H,11H2,1H3,(H,22,23,24). The number of carbonyl (C=O) groups is 1. The summed E-state index contributed by atoms with van der Waals surface area (Å²) in [7, 11) is 0. The first kappa shape index (κ1) is 16.1. The van der Waals surface area contributed by atoms with Crippen LogP contribution in [0.15, 0.2) is 54.7 Å². The Morgan fingerprint density at radius 3 is 2.62 bits per heavy atom. The monoisotopic (exact) mass is 350 g/mol. The zero-order chi connectivity index (χ0) is 18.1. The molecular formula is C20H15FN2O3. The molecule has 4 rings (SSSR count).